The Morgan fingerprint density at radius 1 is 0.951 bits per heavy atom. The van der Waals surface area contributed by atoms with Crippen LogP contribution in [0.15, 0.2) is 71.0 Å². The third kappa shape index (κ3) is 5.78. The number of nitrogens with zero attached hydrogens (tertiary/aromatic N) is 1. The zero-order valence-electron chi connectivity index (χ0n) is 22.1. The van der Waals surface area contributed by atoms with Crippen LogP contribution >= 0.6 is 0 Å². The van der Waals surface area contributed by atoms with Crippen molar-refractivity contribution in [3.8, 4) is 40.0 Å². The van der Waals surface area contributed by atoms with Crippen LogP contribution in [-0.2, 0) is 17.8 Å². The van der Waals surface area contributed by atoms with Gasteiger partial charge < -0.3 is 38.4 Å². The Bertz CT molecular complexity index is 1640. The van der Waals surface area contributed by atoms with E-state index in [0.717, 1.165) is 0 Å². The van der Waals surface area contributed by atoms with Crippen LogP contribution in [0.2, 0.25) is 0 Å². The van der Waals surface area contributed by atoms with Crippen LogP contribution < -0.4 is 23.7 Å². The molecule has 0 radical (unpaired) electrons. The minimum Gasteiger partial charge on any atom is -0.497 e. The predicted molar refractivity (Wildman–Crippen MR) is 145 cm³/mol. The summed E-state index contributed by atoms with van der Waals surface area (Å²) in [4.78, 5) is 23.9. The van der Waals surface area contributed by atoms with Crippen molar-refractivity contribution >= 4 is 18.0 Å². The zero-order valence-corrected chi connectivity index (χ0v) is 22.1. The largest absolute Gasteiger partial charge is 0.497 e. The van der Waals surface area contributed by atoms with Gasteiger partial charge in [0.1, 0.15) is 35.8 Å². The van der Waals surface area contributed by atoms with Gasteiger partial charge in [-0.25, -0.2) is 9.59 Å². The molecule has 41 heavy (non-hydrogen) atoms. The average Bonchev–Trinajstić information content (AvgIpc) is 3.64. The highest BCUT2D eigenvalue weighted by Crippen LogP contribution is 2.40. The van der Waals surface area contributed by atoms with Gasteiger partial charge in [0.25, 0.3) is 0 Å². The molecule has 0 fully saturated rings. The van der Waals surface area contributed by atoms with E-state index in [1.807, 2.05) is 0 Å². The molecular formula is C30H25NO10. The molecule has 1 aliphatic rings. The van der Waals surface area contributed by atoms with Gasteiger partial charge in [0.05, 0.1) is 19.8 Å². The van der Waals surface area contributed by atoms with E-state index in [-0.39, 0.29) is 31.0 Å². The Morgan fingerprint density at radius 2 is 1.73 bits per heavy atom. The Kier molecular flexibility index (Phi) is 7.77. The highest BCUT2D eigenvalue weighted by atomic mass is 16.7. The standard InChI is InChI=1S/C30H25NO10/c1-36-21-7-8-23(25(12-21)38-14-17-5-3-4-6-22(17)30(34)35)28-20(15-41-31-28)10-19(29(32)33)9-18-11-26-27(40-16-39-26)13-24(18)37-2/h3-8,10-13,15H,9,14,16H2,1-2H3,(H,32,33)(H,34,35)/b19-10+. The Hall–Kier alpha value is -5.45. The molecule has 5 rings (SSSR count). The fourth-order valence-electron chi connectivity index (χ4n) is 4.38. The molecule has 2 N–H and O–H groups in total. The molecule has 0 spiro atoms. The summed E-state index contributed by atoms with van der Waals surface area (Å²) in [6.45, 7) is 0.0255. The lowest BCUT2D eigenvalue weighted by Gasteiger charge is -2.14. The monoisotopic (exact) mass is 559 g/mol. The number of aromatic nitrogens is 1. The van der Waals surface area contributed by atoms with Crippen LogP contribution in [0.1, 0.15) is 27.0 Å². The topological polar surface area (TPSA) is 147 Å². The fraction of sp³-hybridized carbons (Fsp3) is 0.167. The number of aromatic carboxylic acids is 1. The van der Waals surface area contributed by atoms with Gasteiger partial charge in [0.2, 0.25) is 6.79 Å². The van der Waals surface area contributed by atoms with E-state index in [9.17, 15) is 19.8 Å². The number of rotatable bonds is 11. The second-order valence-corrected chi connectivity index (χ2v) is 8.90. The van der Waals surface area contributed by atoms with Crippen LogP contribution in [0.5, 0.6) is 28.7 Å². The number of carboxylic acid groups (broad SMARTS) is 2. The van der Waals surface area contributed by atoms with Gasteiger partial charge in [-0.3, -0.25) is 0 Å². The molecule has 0 unspecified atom stereocenters. The van der Waals surface area contributed by atoms with Crippen molar-refractivity contribution in [1.82, 2.24) is 5.16 Å². The van der Waals surface area contributed by atoms with Gasteiger partial charge in [0, 0.05) is 46.4 Å². The molecule has 1 aliphatic heterocycles. The number of carbonyl (C=O) groups is 2. The third-order valence-corrected chi connectivity index (χ3v) is 6.43. The van der Waals surface area contributed by atoms with Crippen LogP contribution in [0.4, 0.5) is 0 Å². The van der Waals surface area contributed by atoms with Crippen molar-refractivity contribution < 1.29 is 48.0 Å². The second kappa shape index (κ2) is 11.7. The minimum atomic E-state index is -1.15. The van der Waals surface area contributed by atoms with E-state index in [0.29, 0.717) is 56.7 Å². The summed E-state index contributed by atoms with van der Waals surface area (Å²) in [5, 5.41) is 23.7. The van der Waals surface area contributed by atoms with Gasteiger partial charge in [-0.2, -0.15) is 0 Å². The minimum absolute atomic E-state index is 0.0116. The first-order valence-corrected chi connectivity index (χ1v) is 12.3. The van der Waals surface area contributed by atoms with Crippen LogP contribution in [0, 0.1) is 0 Å². The smallest absolute Gasteiger partial charge is 0.336 e. The van der Waals surface area contributed by atoms with Crippen molar-refractivity contribution in [2.24, 2.45) is 0 Å². The van der Waals surface area contributed by atoms with Gasteiger partial charge in [-0.05, 0) is 30.3 Å². The van der Waals surface area contributed by atoms with Crippen molar-refractivity contribution in [2.45, 2.75) is 13.0 Å². The highest BCUT2D eigenvalue weighted by Gasteiger charge is 2.22. The number of benzene rings is 3. The highest BCUT2D eigenvalue weighted by molar-refractivity contribution is 5.94. The zero-order chi connectivity index (χ0) is 28.9. The number of fused-ring (bicyclic) bond motifs is 1. The SMILES string of the molecule is COc1ccc(-c2nocc2/C=C(\Cc2cc3c(cc2OC)OCO3)C(=O)O)c(OCc2ccccc2C(=O)O)c1. The molecule has 0 bridgehead atoms. The second-order valence-electron chi connectivity index (χ2n) is 8.90. The summed E-state index contributed by atoms with van der Waals surface area (Å²) < 4.78 is 32.9. The molecule has 2 heterocycles. The summed E-state index contributed by atoms with van der Waals surface area (Å²) in [6, 6.07) is 14.9. The maximum Gasteiger partial charge on any atom is 0.336 e. The first-order chi connectivity index (χ1) is 19.9. The van der Waals surface area contributed by atoms with Crippen LogP contribution in [-0.4, -0.2) is 48.3 Å². The van der Waals surface area contributed by atoms with E-state index in [1.165, 1.54) is 32.6 Å². The molecule has 0 aliphatic carbocycles. The van der Waals surface area contributed by atoms with E-state index < -0.39 is 11.9 Å². The normalized spacial score (nSPS) is 12.2. The quantitative estimate of drug-likeness (QED) is 0.237. The maximum atomic E-state index is 12.3. The van der Waals surface area contributed by atoms with Gasteiger partial charge >= 0.3 is 11.9 Å². The van der Waals surface area contributed by atoms with Crippen LogP contribution in [0.3, 0.4) is 0 Å². The number of methoxy groups -OCH3 is 2. The first-order valence-electron chi connectivity index (χ1n) is 12.3. The summed E-state index contributed by atoms with van der Waals surface area (Å²) in [7, 11) is 3.00. The van der Waals surface area contributed by atoms with Crippen LogP contribution in [0.25, 0.3) is 17.3 Å². The number of hydrogen-bond donors (Lipinski definition) is 2. The molecule has 210 valence electrons. The lowest BCUT2D eigenvalue weighted by atomic mass is 9.99. The molecule has 0 atom stereocenters. The van der Waals surface area contributed by atoms with E-state index in [4.69, 9.17) is 28.2 Å². The molecule has 0 saturated carbocycles. The van der Waals surface area contributed by atoms with Crippen molar-refractivity contribution in [1.29, 1.82) is 0 Å². The molecular weight excluding hydrogens is 534 g/mol. The number of carboxylic acids is 2. The maximum absolute atomic E-state index is 12.3. The summed E-state index contributed by atoms with van der Waals surface area (Å²) in [5.74, 6) is 0.0953. The Labute approximate surface area is 234 Å². The lowest BCUT2D eigenvalue weighted by Crippen LogP contribution is -2.06. The molecule has 3 aromatic carbocycles. The van der Waals surface area contributed by atoms with Gasteiger partial charge in [-0.15, -0.1) is 0 Å². The Balaban J connectivity index is 1.49. The summed E-state index contributed by atoms with van der Waals surface area (Å²) in [6.07, 6.45) is 2.81. The average molecular weight is 560 g/mol. The molecule has 0 saturated heterocycles. The number of aliphatic carboxylic acids is 1. The van der Waals surface area contributed by atoms with Gasteiger partial charge in [0.15, 0.2) is 11.5 Å². The molecule has 1 aromatic heterocycles. The van der Waals surface area contributed by atoms with Crippen molar-refractivity contribution in [3.05, 3.63) is 88.7 Å². The van der Waals surface area contributed by atoms with E-state index >= 15 is 0 Å². The molecule has 4 aromatic rings. The number of hydrogen-bond acceptors (Lipinski definition) is 9. The molecule has 11 nitrogen and oxygen atoms in total. The Morgan fingerprint density at radius 3 is 2.46 bits per heavy atom. The first kappa shape index (κ1) is 27.1. The summed E-state index contributed by atoms with van der Waals surface area (Å²) >= 11 is 0. The molecule has 0 amide bonds. The third-order valence-electron chi connectivity index (χ3n) is 6.43. The fourth-order valence-corrected chi connectivity index (χ4v) is 4.38. The predicted octanol–water partition coefficient (Wildman–Crippen LogP) is 5.08. The lowest BCUT2D eigenvalue weighted by molar-refractivity contribution is -0.132. The van der Waals surface area contributed by atoms with Gasteiger partial charge in [-0.1, -0.05) is 23.4 Å². The van der Waals surface area contributed by atoms with E-state index in [2.05, 4.69) is 5.16 Å². The summed E-state index contributed by atoms with van der Waals surface area (Å²) in [5.41, 5.74) is 2.43. The van der Waals surface area contributed by atoms with Crippen molar-refractivity contribution in [2.75, 3.05) is 21.0 Å². The molecule has 11 heteroatoms. The van der Waals surface area contributed by atoms with E-state index in [1.54, 1.807) is 48.5 Å². The number of ether oxygens (including phenoxy) is 5. The van der Waals surface area contributed by atoms with Crippen molar-refractivity contribution in [3.63, 3.8) is 0 Å².